The van der Waals surface area contributed by atoms with Crippen LogP contribution in [-0.2, 0) is 0 Å². The molecule has 0 spiro atoms. The Balaban J connectivity index is 2.47. The van der Waals surface area contributed by atoms with Crippen molar-refractivity contribution < 1.29 is 29.0 Å². The molecular formula is C15H15NO7. The molecule has 0 aliphatic carbocycles. The summed E-state index contributed by atoms with van der Waals surface area (Å²) < 4.78 is 21.1. The first-order valence-corrected chi connectivity index (χ1v) is 6.45. The van der Waals surface area contributed by atoms with E-state index >= 15 is 0 Å². The summed E-state index contributed by atoms with van der Waals surface area (Å²) >= 11 is 0. The lowest BCUT2D eigenvalue weighted by Gasteiger charge is -2.14. The van der Waals surface area contributed by atoms with Crippen LogP contribution in [0.4, 0.5) is 5.69 Å². The third-order valence-corrected chi connectivity index (χ3v) is 3.01. The zero-order valence-electron chi connectivity index (χ0n) is 12.7. The summed E-state index contributed by atoms with van der Waals surface area (Å²) in [6.45, 7) is 0. The van der Waals surface area contributed by atoms with E-state index in [0.29, 0.717) is 17.2 Å². The first-order valence-electron chi connectivity index (χ1n) is 6.45. The van der Waals surface area contributed by atoms with E-state index in [0.717, 1.165) is 6.07 Å². The van der Waals surface area contributed by atoms with Crippen molar-refractivity contribution in [3.63, 3.8) is 0 Å². The number of nitro groups is 1. The molecule has 0 unspecified atom stereocenters. The Kier molecular flexibility index (Phi) is 4.75. The largest absolute Gasteiger partial charge is 0.508 e. The lowest BCUT2D eigenvalue weighted by Crippen LogP contribution is -1.97. The first-order chi connectivity index (χ1) is 11.0. The summed E-state index contributed by atoms with van der Waals surface area (Å²) in [7, 11) is 4.36. The van der Waals surface area contributed by atoms with E-state index in [2.05, 4.69) is 0 Å². The highest BCUT2D eigenvalue weighted by atomic mass is 16.6. The second-order valence-electron chi connectivity index (χ2n) is 4.37. The number of phenols is 1. The van der Waals surface area contributed by atoms with Gasteiger partial charge in [0.05, 0.1) is 32.3 Å². The third-order valence-electron chi connectivity index (χ3n) is 3.01. The first kappa shape index (κ1) is 16.2. The molecule has 2 rings (SSSR count). The molecule has 122 valence electrons. The molecule has 8 nitrogen and oxygen atoms in total. The van der Waals surface area contributed by atoms with Crippen LogP contribution in [0.3, 0.4) is 0 Å². The fourth-order valence-corrected chi connectivity index (χ4v) is 1.98. The molecule has 0 saturated heterocycles. The van der Waals surface area contributed by atoms with E-state index in [-0.39, 0.29) is 22.9 Å². The van der Waals surface area contributed by atoms with Gasteiger partial charge in [-0.1, -0.05) is 0 Å². The fraction of sp³-hybridized carbons (Fsp3) is 0.200. The van der Waals surface area contributed by atoms with Crippen molar-refractivity contribution in [1.29, 1.82) is 0 Å². The summed E-state index contributed by atoms with van der Waals surface area (Å²) in [5, 5.41) is 20.4. The summed E-state index contributed by atoms with van der Waals surface area (Å²) in [5.74, 6) is 1.08. The van der Waals surface area contributed by atoms with Crippen LogP contribution in [0.1, 0.15) is 0 Å². The van der Waals surface area contributed by atoms with E-state index in [9.17, 15) is 15.2 Å². The molecule has 23 heavy (non-hydrogen) atoms. The van der Waals surface area contributed by atoms with E-state index < -0.39 is 4.92 Å². The van der Waals surface area contributed by atoms with Crippen molar-refractivity contribution in [3.8, 4) is 34.5 Å². The van der Waals surface area contributed by atoms with Gasteiger partial charge in [-0.05, 0) is 12.1 Å². The Morgan fingerprint density at radius 2 is 1.57 bits per heavy atom. The van der Waals surface area contributed by atoms with Crippen LogP contribution in [-0.4, -0.2) is 31.4 Å². The normalized spacial score (nSPS) is 10.0. The molecule has 0 fully saturated rings. The van der Waals surface area contributed by atoms with Crippen molar-refractivity contribution in [2.75, 3.05) is 21.3 Å². The van der Waals surface area contributed by atoms with E-state index in [4.69, 9.17) is 18.9 Å². The maximum absolute atomic E-state index is 11.1. The molecule has 0 bridgehead atoms. The Morgan fingerprint density at radius 1 is 0.957 bits per heavy atom. The van der Waals surface area contributed by atoms with Crippen LogP contribution in [0.15, 0.2) is 30.3 Å². The number of hydrogen-bond donors (Lipinski definition) is 1. The predicted octanol–water partition coefficient (Wildman–Crippen LogP) is 3.12. The second kappa shape index (κ2) is 6.73. The van der Waals surface area contributed by atoms with Crippen LogP contribution in [0.2, 0.25) is 0 Å². The van der Waals surface area contributed by atoms with Crippen LogP contribution >= 0.6 is 0 Å². The summed E-state index contributed by atoms with van der Waals surface area (Å²) in [6.07, 6.45) is 0. The highest BCUT2D eigenvalue weighted by Crippen LogP contribution is 2.43. The monoisotopic (exact) mass is 321 g/mol. The Bertz CT molecular complexity index is 705. The number of phenolic OH excluding ortho intramolecular Hbond substituents is 1. The van der Waals surface area contributed by atoms with Crippen molar-refractivity contribution in [1.82, 2.24) is 0 Å². The molecule has 0 atom stereocenters. The Hall–Kier alpha value is -3.16. The van der Waals surface area contributed by atoms with E-state index in [1.54, 1.807) is 0 Å². The number of ether oxygens (including phenoxy) is 4. The van der Waals surface area contributed by atoms with Crippen molar-refractivity contribution in [2.24, 2.45) is 0 Å². The van der Waals surface area contributed by atoms with Crippen molar-refractivity contribution in [2.45, 2.75) is 0 Å². The molecule has 0 heterocycles. The smallest absolute Gasteiger partial charge is 0.315 e. The van der Waals surface area contributed by atoms with Gasteiger partial charge < -0.3 is 24.1 Å². The minimum Gasteiger partial charge on any atom is -0.508 e. The number of hydrogen-bond acceptors (Lipinski definition) is 7. The molecule has 8 heteroatoms. The van der Waals surface area contributed by atoms with Crippen LogP contribution in [0, 0.1) is 10.1 Å². The molecule has 0 saturated carbocycles. The average molecular weight is 321 g/mol. The molecule has 2 aromatic rings. The van der Waals surface area contributed by atoms with Gasteiger partial charge in [-0.2, -0.15) is 0 Å². The zero-order chi connectivity index (χ0) is 17.0. The van der Waals surface area contributed by atoms with Crippen LogP contribution in [0.5, 0.6) is 34.5 Å². The predicted molar refractivity (Wildman–Crippen MR) is 80.9 cm³/mol. The topological polar surface area (TPSA) is 100 Å². The van der Waals surface area contributed by atoms with Crippen LogP contribution < -0.4 is 18.9 Å². The molecule has 1 N–H and O–H groups in total. The fourth-order valence-electron chi connectivity index (χ4n) is 1.98. The summed E-state index contributed by atoms with van der Waals surface area (Å²) in [4.78, 5) is 10.4. The van der Waals surface area contributed by atoms with E-state index in [1.165, 1.54) is 45.6 Å². The molecular weight excluding hydrogens is 306 g/mol. The highest BCUT2D eigenvalue weighted by Gasteiger charge is 2.19. The Labute approximate surface area is 131 Å². The van der Waals surface area contributed by atoms with E-state index in [1.807, 2.05) is 0 Å². The number of aromatic hydroxyl groups is 1. The van der Waals surface area contributed by atoms with Gasteiger partial charge in [0.15, 0.2) is 11.5 Å². The van der Waals surface area contributed by atoms with Crippen molar-refractivity contribution in [3.05, 3.63) is 40.4 Å². The average Bonchev–Trinajstić information content (AvgIpc) is 2.55. The van der Waals surface area contributed by atoms with Gasteiger partial charge >= 0.3 is 5.69 Å². The van der Waals surface area contributed by atoms with Crippen molar-refractivity contribution >= 4 is 5.69 Å². The van der Waals surface area contributed by atoms with Gasteiger partial charge in [0.2, 0.25) is 11.5 Å². The standard InChI is InChI=1S/C15H15NO7/c1-20-13-7-10(8-14(21-2)15(13)22-3)23-12-5-4-9(17)6-11(12)16(18)19/h4-8,17H,1-3H3. The number of rotatable bonds is 6. The lowest BCUT2D eigenvalue weighted by atomic mass is 10.2. The van der Waals surface area contributed by atoms with Gasteiger partial charge in [-0.3, -0.25) is 10.1 Å². The quantitative estimate of drug-likeness (QED) is 0.644. The number of nitrogens with zero attached hydrogens (tertiary/aromatic N) is 1. The summed E-state index contributed by atoms with van der Waals surface area (Å²) in [6, 6.07) is 6.63. The maximum Gasteiger partial charge on any atom is 0.315 e. The van der Waals surface area contributed by atoms with Gasteiger partial charge in [-0.15, -0.1) is 0 Å². The molecule has 0 aromatic heterocycles. The molecule has 0 radical (unpaired) electrons. The minimum absolute atomic E-state index is 0.0259. The highest BCUT2D eigenvalue weighted by molar-refractivity contribution is 5.58. The molecule has 0 aliphatic rings. The third kappa shape index (κ3) is 3.37. The van der Waals surface area contributed by atoms with Gasteiger partial charge in [-0.25, -0.2) is 0 Å². The summed E-state index contributed by atoms with van der Waals surface area (Å²) in [5.41, 5.74) is -0.362. The number of methoxy groups -OCH3 is 3. The Morgan fingerprint density at radius 3 is 2.04 bits per heavy atom. The second-order valence-corrected chi connectivity index (χ2v) is 4.37. The minimum atomic E-state index is -0.646. The lowest BCUT2D eigenvalue weighted by molar-refractivity contribution is -0.385. The zero-order valence-corrected chi connectivity index (χ0v) is 12.7. The maximum atomic E-state index is 11.1. The molecule has 2 aromatic carbocycles. The SMILES string of the molecule is COc1cc(Oc2ccc(O)cc2[N+](=O)[O-])cc(OC)c1OC. The van der Waals surface area contributed by atoms with Gasteiger partial charge in [0, 0.05) is 12.1 Å². The number of benzene rings is 2. The molecule has 0 aliphatic heterocycles. The van der Waals surface area contributed by atoms with Gasteiger partial charge in [0.25, 0.3) is 0 Å². The number of nitro benzene ring substituents is 1. The van der Waals surface area contributed by atoms with Gasteiger partial charge in [0.1, 0.15) is 11.5 Å². The molecule has 0 amide bonds. The van der Waals surface area contributed by atoms with Crippen LogP contribution in [0.25, 0.3) is 0 Å².